The van der Waals surface area contributed by atoms with Gasteiger partial charge < -0.3 is 14.2 Å². The third-order valence-electron chi connectivity index (χ3n) is 2.99. The standard InChI is InChI=1S/C16H20O4/c1-4-18-14-7-6-12(10-15(14)19-5-2)9-13-8-11(3)20-16(13)17/h6-7,9-11H,4-5,8H2,1-3H3/b13-9-. The van der Waals surface area contributed by atoms with Crippen LogP contribution < -0.4 is 9.47 Å². The van der Waals surface area contributed by atoms with Gasteiger partial charge in [0.15, 0.2) is 11.5 Å². The minimum Gasteiger partial charge on any atom is -0.490 e. The first kappa shape index (κ1) is 14.4. The third kappa shape index (κ3) is 3.32. The normalized spacial score (nSPS) is 20.1. The summed E-state index contributed by atoms with van der Waals surface area (Å²) >= 11 is 0. The molecule has 1 saturated heterocycles. The van der Waals surface area contributed by atoms with Crippen LogP contribution in [0.1, 0.15) is 32.8 Å². The van der Waals surface area contributed by atoms with Crippen molar-refractivity contribution in [3.8, 4) is 11.5 Å². The monoisotopic (exact) mass is 276 g/mol. The molecule has 0 radical (unpaired) electrons. The average molecular weight is 276 g/mol. The van der Waals surface area contributed by atoms with E-state index in [1.807, 2.05) is 45.0 Å². The molecule has 1 aromatic rings. The van der Waals surface area contributed by atoms with Crippen LogP contribution in [0.5, 0.6) is 11.5 Å². The van der Waals surface area contributed by atoms with Crippen LogP contribution in [0, 0.1) is 0 Å². The summed E-state index contributed by atoms with van der Waals surface area (Å²) in [6.07, 6.45) is 2.46. The minimum absolute atomic E-state index is 0.0391. The Hall–Kier alpha value is -1.97. The van der Waals surface area contributed by atoms with Crippen molar-refractivity contribution in [3.63, 3.8) is 0 Å². The molecule has 20 heavy (non-hydrogen) atoms. The first-order valence-corrected chi connectivity index (χ1v) is 6.95. The first-order chi connectivity index (χ1) is 9.63. The number of cyclic esters (lactones) is 1. The number of rotatable bonds is 5. The molecule has 1 aliphatic rings. The molecule has 4 nitrogen and oxygen atoms in total. The number of esters is 1. The molecule has 0 saturated carbocycles. The summed E-state index contributed by atoms with van der Waals surface area (Å²) in [4.78, 5) is 11.6. The SMILES string of the molecule is CCOc1ccc(/C=C2/CC(C)OC2=O)cc1OCC. The van der Waals surface area contributed by atoms with E-state index in [2.05, 4.69) is 0 Å². The maximum absolute atomic E-state index is 11.6. The van der Waals surface area contributed by atoms with Crippen LogP contribution in [-0.4, -0.2) is 25.3 Å². The van der Waals surface area contributed by atoms with Gasteiger partial charge >= 0.3 is 5.97 Å². The molecule has 0 aliphatic carbocycles. The lowest BCUT2D eigenvalue weighted by Crippen LogP contribution is -2.00. The van der Waals surface area contributed by atoms with E-state index in [0.717, 1.165) is 11.3 Å². The first-order valence-electron chi connectivity index (χ1n) is 6.95. The number of carbonyl (C=O) groups excluding carboxylic acids is 1. The lowest BCUT2D eigenvalue weighted by molar-refractivity contribution is -0.138. The molecule has 1 fully saturated rings. The molecule has 2 rings (SSSR count). The Morgan fingerprint density at radius 2 is 1.95 bits per heavy atom. The molecule has 1 aromatic carbocycles. The largest absolute Gasteiger partial charge is 0.490 e. The molecule has 0 bridgehead atoms. The van der Waals surface area contributed by atoms with Crippen LogP contribution in [0.15, 0.2) is 23.8 Å². The predicted octanol–water partition coefficient (Wildman–Crippen LogP) is 3.20. The van der Waals surface area contributed by atoms with Gasteiger partial charge in [-0.3, -0.25) is 0 Å². The van der Waals surface area contributed by atoms with Gasteiger partial charge in [0.25, 0.3) is 0 Å². The zero-order chi connectivity index (χ0) is 14.5. The Kier molecular flexibility index (Phi) is 4.66. The summed E-state index contributed by atoms with van der Waals surface area (Å²) in [6, 6.07) is 5.67. The van der Waals surface area contributed by atoms with Crippen LogP contribution in [0.4, 0.5) is 0 Å². The predicted molar refractivity (Wildman–Crippen MR) is 76.9 cm³/mol. The summed E-state index contributed by atoms with van der Waals surface area (Å²) in [5, 5.41) is 0. The lowest BCUT2D eigenvalue weighted by Gasteiger charge is -2.11. The minimum atomic E-state index is -0.232. The highest BCUT2D eigenvalue weighted by Gasteiger charge is 2.25. The molecule has 1 unspecified atom stereocenters. The highest BCUT2D eigenvalue weighted by molar-refractivity contribution is 5.95. The van der Waals surface area contributed by atoms with Crippen molar-refractivity contribution in [2.75, 3.05) is 13.2 Å². The van der Waals surface area contributed by atoms with Gasteiger partial charge in [0.2, 0.25) is 0 Å². The molecule has 0 aromatic heterocycles. The highest BCUT2D eigenvalue weighted by Crippen LogP contribution is 2.30. The van der Waals surface area contributed by atoms with E-state index in [1.54, 1.807) is 0 Å². The average Bonchev–Trinajstić information content (AvgIpc) is 2.71. The van der Waals surface area contributed by atoms with E-state index in [1.165, 1.54) is 0 Å². The molecule has 0 amide bonds. The Balaban J connectivity index is 2.26. The van der Waals surface area contributed by atoms with Crippen LogP contribution in [-0.2, 0) is 9.53 Å². The van der Waals surface area contributed by atoms with Crippen LogP contribution >= 0.6 is 0 Å². The van der Waals surface area contributed by atoms with E-state index < -0.39 is 0 Å². The van der Waals surface area contributed by atoms with E-state index >= 15 is 0 Å². The van der Waals surface area contributed by atoms with Gasteiger partial charge in [-0.25, -0.2) is 4.79 Å². The van der Waals surface area contributed by atoms with Crippen molar-refractivity contribution in [1.82, 2.24) is 0 Å². The number of hydrogen-bond donors (Lipinski definition) is 0. The Labute approximate surface area is 119 Å². The van der Waals surface area contributed by atoms with E-state index in [4.69, 9.17) is 14.2 Å². The third-order valence-corrected chi connectivity index (χ3v) is 2.99. The van der Waals surface area contributed by atoms with Gasteiger partial charge in [0, 0.05) is 12.0 Å². The van der Waals surface area contributed by atoms with Gasteiger partial charge in [0.05, 0.1) is 13.2 Å². The summed E-state index contributed by atoms with van der Waals surface area (Å²) in [6.45, 7) is 6.91. The van der Waals surface area contributed by atoms with Crippen molar-refractivity contribution in [2.24, 2.45) is 0 Å². The molecular weight excluding hydrogens is 256 g/mol. The quantitative estimate of drug-likeness (QED) is 0.612. The smallest absolute Gasteiger partial charge is 0.334 e. The summed E-state index contributed by atoms with van der Waals surface area (Å²) in [5.74, 6) is 1.19. The van der Waals surface area contributed by atoms with Crippen molar-refractivity contribution in [3.05, 3.63) is 29.3 Å². The number of benzene rings is 1. The van der Waals surface area contributed by atoms with E-state index in [0.29, 0.717) is 31.0 Å². The van der Waals surface area contributed by atoms with Gasteiger partial charge in [-0.15, -0.1) is 0 Å². The van der Waals surface area contributed by atoms with Crippen molar-refractivity contribution < 1.29 is 19.0 Å². The van der Waals surface area contributed by atoms with Crippen molar-refractivity contribution in [2.45, 2.75) is 33.3 Å². The molecule has 1 atom stereocenters. The molecule has 0 N–H and O–H groups in total. The Morgan fingerprint density at radius 1 is 1.25 bits per heavy atom. The fraction of sp³-hybridized carbons (Fsp3) is 0.438. The number of hydrogen-bond acceptors (Lipinski definition) is 4. The Bertz CT molecular complexity index is 519. The highest BCUT2D eigenvalue weighted by atomic mass is 16.5. The van der Waals surface area contributed by atoms with Crippen LogP contribution in [0.25, 0.3) is 6.08 Å². The topological polar surface area (TPSA) is 44.8 Å². The second-order valence-electron chi connectivity index (χ2n) is 4.66. The fourth-order valence-corrected chi connectivity index (χ4v) is 2.17. The van der Waals surface area contributed by atoms with Gasteiger partial charge in [-0.05, 0) is 44.5 Å². The van der Waals surface area contributed by atoms with Gasteiger partial charge in [-0.2, -0.15) is 0 Å². The summed E-state index contributed by atoms with van der Waals surface area (Å²) in [7, 11) is 0. The van der Waals surface area contributed by atoms with E-state index in [9.17, 15) is 4.79 Å². The molecule has 108 valence electrons. The van der Waals surface area contributed by atoms with Crippen LogP contribution in [0.3, 0.4) is 0 Å². The zero-order valence-electron chi connectivity index (χ0n) is 12.1. The Morgan fingerprint density at radius 3 is 2.55 bits per heavy atom. The van der Waals surface area contributed by atoms with Crippen molar-refractivity contribution >= 4 is 12.0 Å². The zero-order valence-corrected chi connectivity index (χ0v) is 12.1. The van der Waals surface area contributed by atoms with E-state index in [-0.39, 0.29) is 12.1 Å². The molecule has 4 heteroatoms. The number of carbonyl (C=O) groups is 1. The van der Waals surface area contributed by atoms with Gasteiger partial charge in [0.1, 0.15) is 6.10 Å². The van der Waals surface area contributed by atoms with Crippen molar-refractivity contribution in [1.29, 1.82) is 0 Å². The molecule has 1 aliphatic heterocycles. The van der Waals surface area contributed by atoms with Crippen LogP contribution in [0.2, 0.25) is 0 Å². The second kappa shape index (κ2) is 6.46. The maximum Gasteiger partial charge on any atom is 0.334 e. The number of ether oxygens (including phenoxy) is 3. The van der Waals surface area contributed by atoms with Gasteiger partial charge in [-0.1, -0.05) is 6.07 Å². The summed E-state index contributed by atoms with van der Waals surface area (Å²) in [5.41, 5.74) is 1.61. The molecule has 0 spiro atoms. The fourth-order valence-electron chi connectivity index (χ4n) is 2.17. The molecule has 1 heterocycles. The summed E-state index contributed by atoms with van der Waals surface area (Å²) < 4.78 is 16.2. The maximum atomic E-state index is 11.6. The molecular formula is C16H20O4. The second-order valence-corrected chi connectivity index (χ2v) is 4.66. The lowest BCUT2D eigenvalue weighted by atomic mass is 10.1.